The van der Waals surface area contributed by atoms with E-state index < -0.39 is 15.8 Å². The molecule has 0 saturated carbocycles. The van der Waals surface area contributed by atoms with Gasteiger partial charge in [0.1, 0.15) is 5.75 Å². The van der Waals surface area contributed by atoms with Gasteiger partial charge in [-0.05, 0) is 50.6 Å². The topological polar surface area (TPSA) is 84.5 Å². The fraction of sp³-hybridized carbons (Fsp3) is 0.588. The molecule has 1 aliphatic rings. The number of hydrogen-bond donors (Lipinski definition) is 2. The number of carbonyl (C=O) groups excluding carboxylic acids is 1. The van der Waals surface area contributed by atoms with Crippen LogP contribution in [0.15, 0.2) is 29.2 Å². The Balaban J connectivity index is 1.98. The third kappa shape index (κ3) is 4.70. The van der Waals surface area contributed by atoms with Crippen molar-refractivity contribution < 1.29 is 17.9 Å². The molecular formula is C17H26N2O4S. The maximum absolute atomic E-state index is 12.5. The molecule has 1 saturated heterocycles. The third-order valence-corrected chi connectivity index (χ3v) is 6.35. The van der Waals surface area contributed by atoms with E-state index in [1.54, 1.807) is 19.1 Å². The first-order chi connectivity index (χ1) is 11.3. The molecule has 7 heteroatoms. The first-order valence-electron chi connectivity index (χ1n) is 8.24. The second-order valence-electron chi connectivity index (χ2n) is 6.36. The van der Waals surface area contributed by atoms with Gasteiger partial charge in [-0.15, -0.1) is 0 Å². The van der Waals surface area contributed by atoms with Crippen molar-refractivity contribution in [2.45, 2.75) is 43.7 Å². The molecule has 1 fully saturated rings. The van der Waals surface area contributed by atoms with Gasteiger partial charge in [-0.3, -0.25) is 4.79 Å². The van der Waals surface area contributed by atoms with Crippen LogP contribution in [-0.4, -0.2) is 45.8 Å². The van der Waals surface area contributed by atoms with Gasteiger partial charge in [0, 0.05) is 18.0 Å². The summed E-state index contributed by atoms with van der Waals surface area (Å²) < 4.78 is 30.0. The van der Waals surface area contributed by atoms with Crippen LogP contribution in [0.5, 0.6) is 5.75 Å². The normalized spacial score (nSPS) is 22.6. The molecule has 3 atom stereocenters. The Kier molecular flexibility index (Phi) is 6.23. The molecule has 1 amide bonds. The molecule has 1 heterocycles. The number of nitrogens with one attached hydrogen (secondary N) is 2. The number of benzene rings is 1. The van der Waals surface area contributed by atoms with E-state index in [2.05, 4.69) is 10.6 Å². The van der Waals surface area contributed by atoms with Crippen LogP contribution in [0, 0.1) is 5.92 Å². The van der Waals surface area contributed by atoms with Crippen molar-refractivity contribution in [3.8, 4) is 5.75 Å². The molecular weight excluding hydrogens is 328 g/mol. The average Bonchev–Trinajstić information content (AvgIpc) is 2.56. The molecule has 2 N–H and O–H groups in total. The molecule has 0 aliphatic carbocycles. The van der Waals surface area contributed by atoms with Crippen LogP contribution < -0.4 is 15.4 Å². The number of ether oxygens (including phenoxy) is 1. The number of amides is 1. The van der Waals surface area contributed by atoms with Crippen LogP contribution in [0.2, 0.25) is 0 Å². The van der Waals surface area contributed by atoms with Crippen LogP contribution in [0.25, 0.3) is 0 Å². The van der Waals surface area contributed by atoms with E-state index in [1.807, 2.05) is 6.92 Å². The van der Waals surface area contributed by atoms with E-state index in [-0.39, 0.29) is 28.6 Å². The van der Waals surface area contributed by atoms with Gasteiger partial charge in [-0.2, -0.15) is 0 Å². The Morgan fingerprint density at radius 2 is 2.04 bits per heavy atom. The smallest absolute Gasteiger partial charge is 0.224 e. The molecule has 0 spiro atoms. The average molecular weight is 354 g/mol. The number of rotatable bonds is 6. The lowest BCUT2D eigenvalue weighted by Crippen LogP contribution is -2.53. The Hall–Kier alpha value is -1.60. The predicted octanol–water partition coefficient (Wildman–Crippen LogP) is 1.36. The number of methoxy groups -OCH3 is 1. The fourth-order valence-electron chi connectivity index (χ4n) is 2.85. The molecule has 134 valence electrons. The highest BCUT2D eigenvalue weighted by Crippen LogP contribution is 2.19. The highest BCUT2D eigenvalue weighted by molar-refractivity contribution is 7.91. The zero-order chi connectivity index (χ0) is 17.7. The van der Waals surface area contributed by atoms with Crippen LogP contribution in [0.1, 0.15) is 26.7 Å². The maximum Gasteiger partial charge on any atom is 0.224 e. The quantitative estimate of drug-likeness (QED) is 0.806. The minimum Gasteiger partial charge on any atom is -0.497 e. The van der Waals surface area contributed by atoms with Crippen LogP contribution in [0.3, 0.4) is 0 Å². The van der Waals surface area contributed by atoms with Crippen molar-refractivity contribution in [1.82, 2.24) is 10.6 Å². The molecule has 24 heavy (non-hydrogen) atoms. The van der Waals surface area contributed by atoms with Crippen LogP contribution >= 0.6 is 0 Å². The lowest BCUT2D eigenvalue weighted by atomic mass is 9.99. The number of hydrogen-bond acceptors (Lipinski definition) is 5. The van der Waals surface area contributed by atoms with Crippen molar-refractivity contribution in [3.05, 3.63) is 24.3 Å². The van der Waals surface area contributed by atoms with Crippen molar-refractivity contribution in [1.29, 1.82) is 0 Å². The van der Waals surface area contributed by atoms with Gasteiger partial charge >= 0.3 is 0 Å². The lowest BCUT2D eigenvalue weighted by molar-refractivity contribution is -0.125. The van der Waals surface area contributed by atoms with E-state index in [1.165, 1.54) is 19.2 Å². The van der Waals surface area contributed by atoms with Crippen molar-refractivity contribution in [2.75, 3.05) is 19.4 Å². The van der Waals surface area contributed by atoms with Gasteiger partial charge in [0.25, 0.3) is 0 Å². The first-order valence-corrected chi connectivity index (χ1v) is 9.89. The fourth-order valence-corrected chi connectivity index (χ4v) is 4.40. The summed E-state index contributed by atoms with van der Waals surface area (Å²) in [4.78, 5) is 12.5. The zero-order valence-electron chi connectivity index (χ0n) is 14.4. The Morgan fingerprint density at radius 3 is 2.62 bits per heavy atom. The summed E-state index contributed by atoms with van der Waals surface area (Å²) in [6, 6.07) is 6.48. The SMILES string of the molecule is COc1ccc(S(=O)(=O)CC(C)C(=O)NC2CCCNC2C)cc1. The van der Waals surface area contributed by atoms with E-state index in [9.17, 15) is 13.2 Å². The van der Waals surface area contributed by atoms with E-state index in [0.717, 1.165) is 19.4 Å². The van der Waals surface area contributed by atoms with Gasteiger partial charge in [0.05, 0.1) is 17.8 Å². The number of carbonyl (C=O) groups is 1. The highest BCUT2D eigenvalue weighted by atomic mass is 32.2. The van der Waals surface area contributed by atoms with Gasteiger partial charge in [-0.25, -0.2) is 8.42 Å². The Labute approximate surface area is 143 Å². The summed E-state index contributed by atoms with van der Waals surface area (Å²) in [6.07, 6.45) is 1.92. The molecule has 1 aliphatic heterocycles. The van der Waals surface area contributed by atoms with E-state index >= 15 is 0 Å². The van der Waals surface area contributed by atoms with Gasteiger partial charge in [-0.1, -0.05) is 6.92 Å². The second-order valence-corrected chi connectivity index (χ2v) is 8.39. The summed E-state index contributed by atoms with van der Waals surface area (Å²) in [5, 5.41) is 6.29. The van der Waals surface area contributed by atoms with E-state index in [4.69, 9.17) is 4.74 Å². The van der Waals surface area contributed by atoms with Gasteiger partial charge in [0.15, 0.2) is 9.84 Å². The molecule has 0 radical (unpaired) electrons. The lowest BCUT2D eigenvalue weighted by Gasteiger charge is -2.31. The zero-order valence-corrected chi connectivity index (χ0v) is 15.2. The standard InChI is InChI=1S/C17H26N2O4S/c1-12(17(20)19-16-5-4-10-18-13(16)2)11-24(21,22)15-8-6-14(23-3)7-9-15/h6-9,12-13,16,18H,4-5,10-11H2,1-3H3,(H,19,20). The predicted molar refractivity (Wildman–Crippen MR) is 92.8 cm³/mol. The molecule has 6 nitrogen and oxygen atoms in total. The Bertz CT molecular complexity index is 658. The van der Waals surface area contributed by atoms with Crippen LogP contribution in [0.4, 0.5) is 0 Å². The molecule has 3 unspecified atom stereocenters. The molecule has 2 rings (SSSR count). The number of sulfone groups is 1. The second kappa shape index (κ2) is 7.98. The van der Waals surface area contributed by atoms with Crippen molar-refractivity contribution in [2.24, 2.45) is 5.92 Å². The maximum atomic E-state index is 12.5. The molecule has 0 bridgehead atoms. The highest BCUT2D eigenvalue weighted by Gasteiger charge is 2.27. The van der Waals surface area contributed by atoms with Crippen LogP contribution in [-0.2, 0) is 14.6 Å². The molecule has 0 aromatic heterocycles. The Morgan fingerprint density at radius 1 is 1.38 bits per heavy atom. The number of piperidine rings is 1. The third-order valence-electron chi connectivity index (χ3n) is 4.42. The summed E-state index contributed by atoms with van der Waals surface area (Å²) in [5.41, 5.74) is 0. The van der Waals surface area contributed by atoms with E-state index in [0.29, 0.717) is 5.75 Å². The minimum absolute atomic E-state index is 0.0531. The summed E-state index contributed by atoms with van der Waals surface area (Å²) in [7, 11) is -1.99. The summed E-state index contributed by atoms with van der Waals surface area (Å²) >= 11 is 0. The molecule has 1 aromatic carbocycles. The molecule has 1 aromatic rings. The summed E-state index contributed by atoms with van der Waals surface area (Å²) in [6.45, 7) is 4.63. The largest absolute Gasteiger partial charge is 0.497 e. The van der Waals surface area contributed by atoms with Crippen molar-refractivity contribution >= 4 is 15.7 Å². The minimum atomic E-state index is -3.52. The van der Waals surface area contributed by atoms with Crippen molar-refractivity contribution in [3.63, 3.8) is 0 Å². The first kappa shape index (κ1) is 18.7. The summed E-state index contributed by atoms with van der Waals surface area (Å²) in [5.74, 6) is -0.433. The van der Waals surface area contributed by atoms with Gasteiger partial charge in [0.2, 0.25) is 5.91 Å². The monoisotopic (exact) mass is 354 g/mol. The van der Waals surface area contributed by atoms with Gasteiger partial charge < -0.3 is 15.4 Å².